The van der Waals surface area contributed by atoms with Crippen molar-refractivity contribution in [3.63, 3.8) is 0 Å². The van der Waals surface area contributed by atoms with Crippen LogP contribution in [-0.4, -0.2) is 19.2 Å². The van der Waals surface area contributed by atoms with Gasteiger partial charge in [-0.15, -0.1) is 0 Å². The highest BCUT2D eigenvalue weighted by Gasteiger charge is 2.13. The smallest absolute Gasteiger partial charge is 0.200 e. The third-order valence-electron chi connectivity index (χ3n) is 4.44. The number of aromatic nitrogens is 1. The molecule has 122 valence electrons. The van der Waals surface area contributed by atoms with E-state index >= 15 is 0 Å². The van der Waals surface area contributed by atoms with Gasteiger partial charge in [0.05, 0.1) is 24.4 Å². The van der Waals surface area contributed by atoms with Crippen molar-refractivity contribution in [3.8, 4) is 11.1 Å². The molecule has 3 aromatic rings. The van der Waals surface area contributed by atoms with Gasteiger partial charge in [0.15, 0.2) is 0 Å². The van der Waals surface area contributed by atoms with E-state index in [9.17, 15) is 0 Å². The average molecular weight is 321 g/mol. The molecule has 1 aliphatic rings. The van der Waals surface area contributed by atoms with Crippen LogP contribution in [-0.2, 0) is 27.4 Å². The minimum Gasteiger partial charge on any atom is -0.372 e. The first-order valence-electron chi connectivity index (χ1n) is 7.94. The van der Waals surface area contributed by atoms with Crippen molar-refractivity contribution in [3.05, 3.63) is 65.4 Å². The summed E-state index contributed by atoms with van der Waals surface area (Å²) in [6.07, 6.45) is -0.439. The molecule has 0 fully saturated rings. The second kappa shape index (κ2) is 6.32. The molecule has 0 aliphatic carbocycles. The molecule has 0 atom stereocenters. The van der Waals surface area contributed by atoms with Crippen LogP contribution in [0.1, 0.15) is 23.1 Å². The molecule has 0 N–H and O–H groups in total. The molecule has 2 aromatic carbocycles. The fraction of sp³-hybridized carbons (Fsp3) is 0.250. The molecule has 24 heavy (non-hydrogen) atoms. The van der Waals surface area contributed by atoms with Gasteiger partial charge in [0.2, 0.25) is 6.29 Å². The summed E-state index contributed by atoms with van der Waals surface area (Å²) in [5.41, 5.74) is 6.66. The number of hydrogen-bond acceptors (Lipinski definition) is 4. The largest absolute Gasteiger partial charge is 0.372 e. The first-order valence-corrected chi connectivity index (χ1v) is 7.94. The van der Waals surface area contributed by atoms with Gasteiger partial charge in [-0.25, -0.2) is 4.98 Å². The summed E-state index contributed by atoms with van der Waals surface area (Å²) in [7, 11) is 3.22. The topological polar surface area (TPSA) is 40.6 Å². The highest BCUT2D eigenvalue weighted by Crippen LogP contribution is 2.29. The van der Waals surface area contributed by atoms with Crippen molar-refractivity contribution in [2.75, 3.05) is 14.2 Å². The number of benzene rings is 2. The van der Waals surface area contributed by atoms with Crippen LogP contribution in [0.2, 0.25) is 0 Å². The van der Waals surface area contributed by atoms with E-state index in [2.05, 4.69) is 41.4 Å². The van der Waals surface area contributed by atoms with Gasteiger partial charge in [0, 0.05) is 19.6 Å². The van der Waals surface area contributed by atoms with Crippen LogP contribution < -0.4 is 0 Å². The molecular formula is C20H19NO3. The Bertz CT molecular complexity index is 887. The fourth-order valence-corrected chi connectivity index (χ4v) is 3.14. The maximum atomic E-state index is 5.50. The Labute approximate surface area is 141 Å². The molecule has 4 heteroatoms. The van der Waals surface area contributed by atoms with E-state index in [-0.39, 0.29) is 0 Å². The molecule has 0 amide bonds. The maximum Gasteiger partial charge on any atom is 0.200 e. The Kier molecular flexibility index (Phi) is 4.02. The summed E-state index contributed by atoms with van der Waals surface area (Å²) in [5, 5.41) is 1.10. The van der Waals surface area contributed by atoms with Gasteiger partial charge in [-0.3, -0.25) is 0 Å². The van der Waals surface area contributed by atoms with Gasteiger partial charge in [-0.1, -0.05) is 24.3 Å². The van der Waals surface area contributed by atoms with E-state index < -0.39 is 6.29 Å². The number of fused-ring (bicyclic) bond motifs is 2. The molecule has 2 heterocycles. The molecule has 0 unspecified atom stereocenters. The minimum absolute atomic E-state index is 0.439. The van der Waals surface area contributed by atoms with Crippen LogP contribution in [0.3, 0.4) is 0 Å². The van der Waals surface area contributed by atoms with Crippen molar-refractivity contribution >= 4 is 10.9 Å². The van der Waals surface area contributed by atoms with Crippen molar-refractivity contribution in [2.45, 2.75) is 19.5 Å². The first kappa shape index (κ1) is 15.3. The molecule has 0 saturated carbocycles. The van der Waals surface area contributed by atoms with Crippen LogP contribution in [0.4, 0.5) is 0 Å². The fourth-order valence-electron chi connectivity index (χ4n) is 3.14. The lowest BCUT2D eigenvalue weighted by Gasteiger charge is -2.13. The molecule has 1 aliphatic heterocycles. The Morgan fingerprint density at radius 2 is 1.62 bits per heavy atom. The quantitative estimate of drug-likeness (QED) is 0.675. The monoisotopic (exact) mass is 321 g/mol. The molecule has 0 saturated heterocycles. The predicted octanol–water partition coefficient (Wildman–Crippen LogP) is 4.22. The number of pyridine rings is 1. The van der Waals surface area contributed by atoms with E-state index in [4.69, 9.17) is 14.2 Å². The van der Waals surface area contributed by atoms with Crippen molar-refractivity contribution in [1.82, 2.24) is 4.98 Å². The second-order valence-electron chi connectivity index (χ2n) is 5.92. The van der Waals surface area contributed by atoms with Crippen LogP contribution in [0.15, 0.2) is 48.5 Å². The minimum atomic E-state index is -0.439. The van der Waals surface area contributed by atoms with Gasteiger partial charge >= 0.3 is 0 Å². The number of methoxy groups -OCH3 is 2. The molecule has 1 aromatic heterocycles. The van der Waals surface area contributed by atoms with Crippen LogP contribution >= 0.6 is 0 Å². The number of nitrogens with zero attached hydrogens (tertiary/aromatic N) is 1. The standard InChI is InChI=1S/C20H19NO3/c1-22-20(23-2)19-8-6-15-9-14(5-7-18(15)21-19)13-3-4-16-11-24-12-17(16)10-13/h3-10,20H,11-12H2,1-2H3. The highest BCUT2D eigenvalue weighted by molar-refractivity contribution is 5.84. The molecule has 0 radical (unpaired) electrons. The normalized spacial score (nSPS) is 13.6. The van der Waals surface area contributed by atoms with Gasteiger partial charge in [0.1, 0.15) is 0 Å². The Hall–Kier alpha value is -2.27. The van der Waals surface area contributed by atoms with E-state index in [0.29, 0.717) is 6.61 Å². The lowest BCUT2D eigenvalue weighted by molar-refractivity contribution is -0.108. The SMILES string of the molecule is COC(OC)c1ccc2cc(-c3ccc4c(c3)COC4)ccc2n1. The van der Waals surface area contributed by atoms with Gasteiger partial charge < -0.3 is 14.2 Å². The average Bonchev–Trinajstić information content (AvgIpc) is 3.10. The third-order valence-corrected chi connectivity index (χ3v) is 4.44. The second-order valence-corrected chi connectivity index (χ2v) is 5.92. The summed E-state index contributed by atoms with van der Waals surface area (Å²) >= 11 is 0. The Morgan fingerprint density at radius 1 is 0.875 bits per heavy atom. The maximum absolute atomic E-state index is 5.50. The zero-order chi connectivity index (χ0) is 16.5. The zero-order valence-electron chi connectivity index (χ0n) is 13.8. The molecule has 0 bridgehead atoms. The van der Waals surface area contributed by atoms with Crippen LogP contribution in [0.25, 0.3) is 22.0 Å². The lowest BCUT2D eigenvalue weighted by atomic mass is 9.99. The molecule has 0 spiro atoms. The summed E-state index contributed by atoms with van der Waals surface area (Å²) in [6, 6.07) is 16.8. The van der Waals surface area contributed by atoms with Crippen LogP contribution in [0.5, 0.6) is 0 Å². The van der Waals surface area contributed by atoms with Crippen LogP contribution in [0, 0.1) is 0 Å². The van der Waals surface area contributed by atoms with E-state index in [1.807, 2.05) is 12.1 Å². The third kappa shape index (κ3) is 2.69. The lowest BCUT2D eigenvalue weighted by Crippen LogP contribution is -2.05. The van der Waals surface area contributed by atoms with E-state index in [0.717, 1.165) is 23.2 Å². The molecular weight excluding hydrogens is 302 g/mol. The molecule has 4 nitrogen and oxygen atoms in total. The predicted molar refractivity (Wildman–Crippen MR) is 92.4 cm³/mol. The number of rotatable bonds is 4. The Balaban J connectivity index is 1.72. The summed E-state index contributed by atoms with van der Waals surface area (Å²) in [4.78, 5) is 4.64. The van der Waals surface area contributed by atoms with Crippen molar-refractivity contribution in [2.24, 2.45) is 0 Å². The molecule has 4 rings (SSSR count). The van der Waals surface area contributed by atoms with Gasteiger partial charge in [0.25, 0.3) is 0 Å². The number of ether oxygens (including phenoxy) is 3. The van der Waals surface area contributed by atoms with E-state index in [1.165, 1.54) is 22.3 Å². The zero-order valence-corrected chi connectivity index (χ0v) is 13.8. The summed E-state index contributed by atoms with van der Waals surface area (Å²) in [5.74, 6) is 0. The van der Waals surface area contributed by atoms with Gasteiger partial charge in [-0.05, 0) is 46.5 Å². The van der Waals surface area contributed by atoms with Crippen molar-refractivity contribution < 1.29 is 14.2 Å². The van der Waals surface area contributed by atoms with Crippen molar-refractivity contribution in [1.29, 1.82) is 0 Å². The summed E-state index contributed by atoms with van der Waals surface area (Å²) in [6.45, 7) is 1.43. The van der Waals surface area contributed by atoms with E-state index in [1.54, 1.807) is 14.2 Å². The Morgan fingerprint density at radius 3 is 2.46 bits per heavy atom. The van der Waals surface area contributed by atoms with Gasteiger partial charge in [-0.2, -0.15) is 0 Å². The first-order chi connectivity index (χ1) is 11.8. The summed E-state index contributed by atoms with van der Waals surface area (Å²) < 4.78 is 16.0. The number of hydrogen-bond donors (Lipinski definition) is 0. The highest BCUT2D eigenvalue weighted by atomic mass is 16.7.